The average Bonchev–Trinajstić information content (AvgIpc) is 2.87. The molecule has 182 valence electrons. The highest BCUT2D eigenvalue weighted by Gasteiger charge is 2.33. The third-order valence-electron chi connectivity index (χ3n) is 6.95. The van der Waals surface area contributed by atoms with Gasteiger partial charge in [-0.2, -0.15) is 0 Å². The van der Waals surface area contributed by atoms with E-state index >= 15 is 0 Å². The van der Waals surface area contributed by atoms with Crippen LogP contribution in [-0.4, -0.2) is 90.1 Å². The van der Waals surface area contributed by atoms with Gasteiger partial charge in [0.15, 0.2) is 0 Å². The standard InChI is InChI=1S/C28H31N3O4/c1-20-6-2-3-11-25(20)35-19-22(32)18-30-14-12-29(13-15-30)16-17-31-27(33)23-9-4-7-21-8-5-10-24(26(21)23)28(31)34/h2-11,22,32H,12-19H2,1H3/t22-/m1/s1. The lowest BCUT2D eigenvalue weighted by atomic mass is 9.94. The summed E-state index contributed by atoms with van der Waals surface area (Å²) in [4.78, 5) is 32.1. The molecule has 7 heteroatoms. The van der Waals surface area contributed by atoms with Crippen LogP contribution in [0.5, 0.6) is 5.75 Å². The minimum atomic E-state index is -0.562. The monoisotopic (exact) mass is 473 g/mol. The number of carbonyl (C=O) groups is 2. The number of β-amino-alcohol motifs (C(OH)–C–C–N with tert-alkyl or cyclic N) is 1. The summed E-state index contributed by atoms with van der Waals surface area (Å²) in [6.07, 6.45) is -0.562. The number of hydrogen-bond acceptors (Lipinski definition) is 6. The second kappa shape index (κ2) is 10.2. The molecule has 7 nitrogen and oxygen atoms in total. The average molecular weight is 474 g/mol. The number of carbonyl (C=O) groups excluding carboxylic acids is 2. The maximum atomic E-state index is 13.1. The van der Waals surface area contributed by atoms with Crippen molar-refractivity contribution in [3.8, 4) is 5.75 Å². The molecule has 0 spiro atoms. The molecule has 1 N–H and O–H groups in total. The van der Waals surface area contributed by atoms with E-state index in [4.69, 9.17) is 4.74 Å². The number of aliphatic hydroxyl groups excluding tert-OH is 1. The lowest BCUT2D eigenvalue weighted by Gasteiger charge is -2.36. The van der Waals surface area contributed by atoms with Gasteiger partial charge in [-0.1, -0.05) is 42.5 Å². The molecule has 0 aromatic heterocycles. The second-order valence-corrected chi connectivity index (χ2v) is 9.34. The number of aliphatic hydroxyl groups is 1. The summed E-state index contributed by atoms with van der Waals surface area (Å²) < 4.78 is 5.78. The first-order valence-electron chi connectivity index (χ1n) is 12.2. The van der Waals surface area contributed by atoms with Crippen LogP contribution < -0.4 is 4.74 Å². The number of amides is 2. The highest BCUT2D eigenvalue weighted by atomic mass is 16.5. The molecule has 5 rings (SSSR count). The van der Waals surface area contributed by atoms with E-state index in [0.717, 1.165) is 48.3 Å². The number of rotatable bonds is 8. The largest absolute Gasteiger partial charge is 0.491 e. The number of ether oxygens (including phenoxy) is 1. The molecule has 1 saturated heterocycles. The second-order valence-electron chi connectivity index (χ2n) is 9.34. The molecule has 0 unspecified atom stereocenters. The summed E-state index contributed by atoms with van der Waals surface area (Å²) in [5.74, 6) is 0.376. The maximum absolute atomic E-state index is 13.1. The van der Waals surface area contributed by atoms with E-state index < -0.39 is 6.10 Å². The van der Waals surface area contributed by atoms with Crippen LogP contribution >= 0.6 is 0 Å². The zero-order valence-electron chi connectivity index (χ0n) is 20.0. The van der Waals surface area contributed by atoms with E-state index in [1.54, 1.807) is 12.1 Å². The molecule has 3 aromatic rings. The molecule has 2 aliphatic heterocycles. The minimum Gasteiger partial charge on any atom is -0.491 e. The quantitative estimate of drug-likeness (QED) is 0.508. The van der Waals surface area contributed by atoms with Crippen molar-refractivity contribution in [2.24, 2.45) is 0 Å². The van der Waals surface area contributed by atoms with Crippen molar-refractivity contribution in [3.63, 3.8) is 0 Å². The SMILES string of the molecule is Cc1ccccc1OC[C@H](O)CN1CCN(CCN2C(=O)c3cccc4cccc(c34)C2=O)CC1. The van der Waals surface area contributed by atoms with Gasteiger partial charge in [0.25, 0.3) is 11.8 Å². The van der Waals surface area contributed by atoms with E-state index in [-0.39, 0.29) is 18.4 Å². The van der Waals surface area contributed by atoms with Gasteiger partial charge >= 0.3 is 0 Å². The van der Waals surface area contributed by atoms with Gasteiger partial charge in [-0.15, -0.1) is 0 Å². The van der Waals surface area contributed by atoms with Crippen LogP contribution in [0.4, 0.5) is 0 Å². The molecule has 35 heavy (non-hydrogen) atoms. The summed E-state index contributed by atoms with van der Waals surface area (Å²) in [5.41, 5.74) is 2.26. The van der Waals surface area contributed by atoms with Crippen LogP contribution in [0.3, 0.4) is 0 Å². The van der Waals surface area contributed by atoms with Gasteiger partial charge in [-0.25, -0.2) is 0 Å². The Labute approximate surface area is 205 Å². The van der Waals surface area contributed by atoms with Crippen molar-refractivity contribution in [2.45, 2.75) is 13.0 Å². The zero-order chi connectivity index (χ0) is 24.4. The summed E-state index contributed by atoms with van der Waals surface area (Å²) in [6.45, 7) is 7.13. The molecule has 3 aromatic carbocycles. The van der Waals surface area contributed by atoms with E-state index in [1.165, 1.54) is 4.90 Å². The van der Waals surface area contributed by atoms with Gasteiger partial charge in [-0.3, -0.25) is 24.3 Å². The summed E-state index contributed by atoms with van der Waals surface area (Å²) in [6, 6.07) is 19.0. The molecule has 0 radical (unpaired) electrons. The molecule has 0 saturated carbocycles. The fourth-order valence-electron chi connectivity index (χ4n) is 4.98. The van der Waals surface area contributed by atoms with Gasteiger partial charge in [0.05, 0.1) is 0 Å². The summed E-state index contributed by atoms with van der Waals surface area (Å²) >= 11 is 0. The molecule has 1 fully saturated rings. The highest BCUT2D eigenvalue weighted by Crippen LogP contribution is 2.29. The van der Waals surface area contributed by atoms with Crippen LogP contribution in [0, 0.1) is 6.92 Å². The van der Waals surface area contributed by atoms with Gasteiger partial charge in [0.1, 0.15) is 18.5 Å². The van der Waals surface area contributed by atoms with Crippen molar-refractivity contribution in [2.75, 3.05) is 52.4 Å². The Morgan fingerprint density at radius 3 is 2.11 bits per heavy atom. The maximum Gasteiger partial charge on any atom is 0.261 e. The topological polar surface area (TPSA) is 73.3 Å². The number of piperazine rings is 1. The minimum absolute atomic E-state index is 0.213. The lowest BCUT2D eigenvalue weighted by molar-refractivity contribution is 0.0415. The lowest BCUT2D eigenvalue weighted by Crippen LogP contribution is -2.51. The third kappa shape index (κ3) is 4.93. The zero-order valence-corrected chi connectivity index (χ0v) is 20.0. The van der Waals surface area contributed by atoms with Gasteiger partial charge < -0.3 is 9.84 Å². The Hall–Kier alpha value is -3.26. The fourth-order valence-corrected chi connectivity index (χ4v) is 4.98. The Bertz CT molecular complexity index is 1190. The number of aryl methyl sites for hydroxylation is 1. The number of benzene rings is 3. The molecule has 2 heterocycles. The van der Waals surface area contributed by atoms with Crippen molar-refractivity contribution in [3.05, 3.63) is 77.4 Å². The summed E-state index contributed by atoms with van der Waals surface area (Å²) in [5, 5.41) is 12.1. The van der Waals surface area contributed by atoms with Gasteiger partial charge in [-0.05, 0) is 36.1 Å². The number of imide groups is 1. The van der Waals surface area contributed by atoms with Crippen LogP contribution in [0.15, 0.2) is 60.7 Å². The first-order valence-corrected chi connectivity index (χ1v) is 12.2. The van der Waals surface area contributed by atoms with Crippen LogP contribution in [0.25, 0.3) is 10.8 Å². The normalized spacial score (nSPS) is 17.7. The van der Waals surface area contributed by atoms with Crippen LogP contribution in [-0.2, 0) is 0 Å². The molecule has 2 aliphatic rings. The van der Waals surface area contributed by atoms with E-state index in [9.17, 15) is 14.7 Å². The molecular weight excluding hydrogens is 442 g/mol. The molecule has 1 atom stereocenters. The van der Waals surface area contributed by atoms with Gasteiger partial charge in [0.2, 0.25) is 0 Å². The Balaban J connectivity index is 1.10. The first-order chi connectivity index (χ1) is 17.0. The molecular formula is C28H31N3O4. The van der Waals surface area contributed by atoms with E-state index in [0.29, 0.717) is 30.8 Å². The molecule has 2 amide bonds. The first kappa shape index (κ1) is 23.5. The van der Waals surface area contributed by atoms with E-state index in [2.05, 4.69) is 9.80 Å². The van der Waals surface area contributed by atoms with Crippen molar-refractivity contribution in [1.82, 2.24) is 14.7 Å². The van der Waals surface area contributed by atoms with Crippen molar-refractivity contribution in [1.29, 1.82) is 0 Å². The highest BCUT2D eigenvalue weighted by molar-refractivity contribution is 6.25. The van der Waals surface area contributed by atoms with Crippen LogP contribution in [0.2, 0.25) is 0 Å². The smallest absolute Gasteiger partial charge is 0.261 e. The third-order valence-corrected chi connectivity index (χ3v) is 6.95. The number of para-hydroxylation sites is 1. The predicted molar refractivity (Wildman–Crippen MR) is 135 cm³/mol. The van der Waals surface area contributed by atoms with Crippen molar-refractivity contribution >= 4 is 22.6 Å². The Morgan fingerprint density at radius 1 is 0.829 bits per heavy atom. The molecule has 0 aliphatic carbocycles. The predicted octanol–water partition coefficient (Wildman–Crippen LogP) is 2.80. The summed E-state index contributed by atoms with van der Waals surface area (Å²) in [7, 11) is 0. The van der Waals surface area contributed by atoms with Gasteiger partial charge in [0, 0.05) is 62.3 Å². The molecule has 0 bridgehead atoms. The van der Waals surface area contributed by atoms with E-state index in [1.807, 2.05) is 55.5 Å². The van der Waals surface area contributed by atoms with Crippen molar-refractivity contribution < 1.29 is 19.4 Å². The fraction of sp³-hybridized carbons (Fsp3) is 0.357. The Kier molecular flexibility index (Phi) is 6.81. The number of nitrogens with zero attached hydrogens (tertiary/aromatic N) is 3. The van der Waals surface area contributed by atoms with Crippen LogP contribution in [0.1, 0.15) is 26.3 Å². The number of hydrogen-bond donors (Lipinski definition) is 1. The Morgan fingerprint density at radius 2 is 1.46 bits per heavy atom.